The van der Waals surface area contributed by atoms with Crippen LogP contribution in [0.4, 0.5) is 11.9 Å². The quantitative estimate of drug-likeness (QED) is 0.857. The van der Waals surface area contributed by atoms with E-state index in [0.29, 0.717) is 23.9 Å². The van der Waals surface area contributed by atoms with E-state index in [9.17, 15) is 0 Å². The molecule has 0 aromatic carbocycles. The maximum atomic E-state index is 5.72. The monoisotopic (exact) mass is 259 g/mol. The second-order valence-electron chi connectivity index (χ2n) is 4.89. The number of aromatic nitrogens is 5. The highest BCUT2D eigenvalue weighted by Gasteiger charge is 2.24. The molecule has 0 amide bonds. The molecular formula is C12H17N7. The fourth-order valence-corrected chi connectivity index (χ4v) is 2.20. The predicted octanol–water partition coefficient (Wildman–Crippen LogP) is 1.24. The van der Waals surface area contributed by atoms with Crippen molar-refractivity contribution in [1.29, 1.82) is 0 Å². The summed E-state index contributed by atoms with van der Waals surface area (Å²) in [5, 5.41) is 7.39. The van der Waals surface area contributed by atoms with Crippen LogP contribution in [0.3, 0.4) is 0 Å². The molecule has 100 valence electrons. The van der Waals surface area contributed by atoms with Crippen molar-refractivity contribution in [3.63, 3.8) is 0 Å². The largest absolute Gasteiger partial charge is 0.368 e. The fraction of sp³-hybridized carbons (Fsp3) is 0.500. The minimum atomic E-state index is 0.198. The summed E-state index contributed by atoms with van der Waals surface area (Å²) in [6.07, 6.45) is 7.29. The number of nitrogen functional groups attached to an aromatic ring is 1. The molecule has 2 heterocycles. The molecule has 19 heavy (non-hydrogen) atoms. The first-order valence-electron chi connectivity index (χ1n) is 6.50. The molecule has 0 aliphatic heterocycles. The lowest BCUT2D eigenvalue weighted by Crippen LogP contribution is -2.31. The van der Waals surface area contributed by atoms with Crippen molar-refractivity contribution in [3.05, 3.63) is 18.5 Å². The van der Waals surface area contributed by atoms with Crippen LogP contribution in [-0.4, -0.2) is 30.8 Å². The van der Waals surface area contributed by atoms with Gasteiger partial charge in [0, 0.05) is 18.4 Å². The van der Waals surface area contributed by atoms with Gasteiger partial charge in [-0.15, -0.1) is 0 Å². The van der Waals surface area contributed by atoms with Crippen molar-refractivity contribution in [2.75, 3.05) is 11.1 Å². The number of nitrogens with one attached hydrogen (secondary N) is 1. The van der Waals surface area contributed by atoms with Crippen molar-refractivity contribution >= 4 is 11.9 Å². The number of hydrogen-bond acceptors (Lipinski definition) is 6. The van der Waals surface area contributed by atoms with Gasteiger partial charge in [0.25, 0.3) is 5.95 Å². The Morgan fingerprint density at radius 2 is 2.21 bits per heavy atom. The molecule has 1 saturated carbocycles. The van der Waals surface area contributed by atoms with Crippen LogP contribution in [-0.2, 0) is 0 Å². The van der Waals surface area contributed by atoms with Crippen LogP contribution in [0.2, 0.25) is 0 Å². The molecule has 3 rings (SSSR count). The Morgan fingerprint density at radius 3 is 2.84 bits per heavy atom. The molecule has 0 radical (unpaired) electrons. The fourth-order valence-electron chi connectivity index (χ4n) is 2.20. The zero-order chi connectivity index (χ0) is 13.2. The summed E-state index contributed by atoms with van der Waals surface area (Å²) >= 11 is 0. The summed E-state index contributed by atoms with van der Waals surface area (Å²) in [6, 6.07) is 2.16. The van der Waals surface area contributed by atoms with Crippen LogP contribution in [0.1, 0.15) is 26.2 Å². The number of rotatable bonds is 4. The number of nitrogens with zero attached hydrogens (tertiary/aromatic N) is 5. The van der Waals surface area contributed by atoms with E-state index in [4.69, 9.17) is 5.73 Å². The van der Waals surface area contributed by atoms with Crippen molar-refractivity contribution in [2.45, 2.75) is 32.2 Å². The Hall–Kier alpha value is -2.18. The van der Waals surface area contributed by atoms with Gasteiger partial charge in [0.1, 0.15) is 0 Å². The lowest BCUT2D eigenvalue weighted by atomic mass is 9.80. The SMILES string of the molecule is CC(Nc1nc(N)nc(-n2cccn2)n1)C1CCC1. The van der Waals surface area contributed by atoms with Crippen molar-refractivity contribution in [3.8, 4) is 5.95 Å². The summed E-state index contributed by atoms with van der Waals surface area (Å²) < 4.78 is 1.57. The Labute approximate surface area is 111 Å². The second kappa shape index (κ2) is 4.83. The van der Waals surface area contributed by atoms with Gasteiger partial charge in [-0.3, -0.25) is 0 Å². The van der Waals surface area contributed by atoms with E-state index in [1.54, 1.807) is 17.1 Å². The third kappa shape index (κ3) is 2.49. The molecule has 0 bridgehead atoms. The zero-order valence-electron chi connectivity index (χ0n) is 10.8. The minimum absolute atomic E-state index is 0.198. The summed E-state index contributed by atoms with van der Waals surface area (Å²) in [6.45, 7) is 2.15. The molecule has 1 atom stereocenters. The zero-order valence-corrected chi connectivity index (χ0v) is 10.8. The Bertz CT molecular complexity index is 547. The van der Waals surface area contributed by atoms with Gasteiger partial charge in [0.15, 0.2) is 0 Å². The summed E-state index contributed by atoms with van der Waals surface area (Å²) in [5.41, 5.74) is 5.72. The van der Waals surface area contributed by atoms with Gasteiger partial charge in [-0.2, -0.15) is 20.1 Å². The molecular weight excluding hydrogens is 242 g/mol. The average Bonchev–Trinajstić information content (AvgIpc) is 2.78. The summed E-state index contributed by atoms with van der Waals surface area (Å²) in [4.78, 5) is 12.6. The van der Waals surface area contributed by atoms with E-state index >= 15 is 0 Å². The van der Waals surface area contributed by atoms with E-state index < -0.39 is 0 Å². The van der Waals surface area contributed by atoms with Crippen LogP contribution >= 0.6 is 0 Å². The first-order chi connectivity index (χ1) is 9.22. The number of anilines is 2. The summed E-state index contributed by atoms with van der Waals surface area (Å²) in [5.74, 6) is 1.84. The molecule has 0 saturated heterocycles. The van der Waals surface area contributed by atoms with Gasteiger partial charge in [-0.25, -0.2) is 4.68 Å². The highest BCUT2D eigenvalue weighted by Crippen LogP contribution is 2.30. The number of hydrogen-bond donors (Lipinski definition) is 2. The third-order valence-electron chi connectivity index (χ3n) is 3.56. The molecule has 7 nitrogen and oxygen atoms in total. The van der Waals surface area contributed by atoms with Crippen LogP contribution in [0, 0.1) is 5.92 Å². The predicted molar refractivity (Wildman–Crippen MR) is 71.8 cm³/mol. The standard InChI is InChI=1S/C12H17N7/c1-8(9-4-2-5-9)15-11-16-10(13)17-12(18-11)19-7-3-6-14-19/h3,6-9H,2,4-5H2,1H3,(H3,13,15,16,17,18). The lowest BCUT2D eigenvalue weighted by molar-refractivity contribution is 0.284. The van der Waals surface area contributed by atoms with Crippen LogP contribution < -0.4 is 11.1 Å². The molecule has 7 heteroatoms. The molecule has 1 fully saturated rings. The first kappa shape index (κ1) is 11.9. The van der Waals surface area contributed by atoms with Gasteiger partial charge < -0.3 is 11.1 Å². The second-order valence-corrected chi connectivity index (χ2v) is 4.89. The first-order valence-corrected chi connectivity index (χ1v) is 6.50. The molecule has 2 aromatic heterocycles. The van der Waals surface area contributed by atoms with E-state index in [1.165, 1.54) is 19.3 Å². The molecule has 0 spiro atoms. The molecule has 1 aliphatic rings. The maximum Gasteiger partial charge on any atom is 0.257 e. The van der Waals surface area contributed by atoms with Crippen LogP contribution in [0.25, 0.3) is 5.95 Å². The van der Waals surface area contributed by atoms with E-state index in [1.807, 2.05) is 6.07 Å². The Morgan fingerprint density at radius 1 is 1.37 bits per heavy atom. The molecule has 1 aliphatic carbocycles. The van der Waals surface area contributed by atoms with E-state index in [-0.39, 0.29) is 5.95 Å². The Kier molecular flexibility index (Phi) is 3.02. The molecule has 2 aromatic rings. The lowest BCUT2D eigenvalue weighted by Gasteiger charge is -2.31. The van der Waals surface area contributed by atoms with Gasteiger partial charge in [0.05, 0.1) is 0 Å². The number of nitrogens with two attached hydrogens (primary N) is 1. The Balaban J connectivity index is 1.81. The highest BCUT2D eigenvalue weighted by molar-refractivity contribution is 5.35. The highest BCUT2D eigenvalue weighted by atomic mass is 15.4. The maximum absolute atomic E-state index is 5.72. The minimum Gasteiger partial charge on any atom is -0.368 e. The third-order valence-corrected chi connectivity index (χ3v) is 3.56. The van der Waals surface area contributed by atoms with E-state index in [0.717, 1.165) is 0 Å². The average molecular weight is 259 g/mol. The van der Waals surface area contributed by atoms with Crippen LogP contribution in [0.15, 0.2) is 18.5 Å². The van der Waals surface area contributed by atoms with Gasteiger partial charge >= 0.3 is 0 Å². The topological polar surface area (TPSA) is 94.5 Å². The smallest absolute Gasteiger partial charge is 0.257 e. The van der Waals surface area contributed by atoms with Crippen LogP contribution in [0.5, 0.6) is 0 Å². The van der Waals surface area contributed by atoms with Gasteiger partial charge in [-0.1, -0.05) is 6.42 Å². The van der Waals surface area contributed by atoms with E-state index in [2.05, 4.69) is 32.3 Å². The van der Waals surface area contributed by atoms with Gasteiger partial charge in [-0.05, 0) is 31.7 Å². The van der Waals surface area contributed by atoms with Crippen molar-refractivity contribution < 1.29 is 0 Å². The molecule has 1 unspecified atom stereocenters. The molecule has 3 N–H and O–H groups in total. The summed E-state index contributed by atoms with van der Waals surface area (Å²) in [7, 11) is 0. The van der Waals surface area contributed by atoms with Gasteiger partial charge in [0.2, 0.25) is 11.9 Å². The normalized spacial score (nSPS) is 16.9. The van der Waals surface area contributed by atoms with Crippen molar-refractivity contribution in [1.82, 2.24) is 24.7 Å². The van der Waals surface area contributed by atoms with Crippen molar-refractivity contribution in [2.24, 2.45) is 5.92 Å².